The Morgan fingerprint density at radius 3 is 1.23 bits per heavy atom. The second kappa shape index (κ2) is 15.5. The molecule has 236 valence electrons. The highest BCUT2D eigenvalue weighted by Gasteiger charge is 2.32. The van der Waals surface area contributed by atoms with E-state index in [2.05, 4.69) is 9.80 Å². The molecule has 0 aliphatic carbocycles. The zero-order valence-corrected chi connectivity index (χ0v) is 27.1. The standard InChI is InChI=1S/C15H29FN2O2.C15H30N2O3/c1-6-15(16,7-2)12-17-8-10-18(11-9-17)13(19)20-14(3,4)5;1-6-15(19,7-2)12-16-8-10-17(11-9-16)13(18)20-14(3,4)5/h6-12H2,1-5H3;19H,6-12H2,1-5H3. The first-order valence-electron chi connectivity index (χ1n) is 15.2. The van der Waals surface area contributed by atoms with Crippen molar-refractivity contribution in [3.05, 3.63) is 0 Å². The van der Waals surface area contributed by atoms with Gasteiger partial charge in [0, 0.05) is 65.4 Å². The normalized spacial score (nSPS) is 18.2. The van der Waals surface area contributed by atoms with Crippen molar-refractivity contribution in [2.24, 2.45) is 0 Å². The first-order valence-corrected chi connectivity index (χ1v) is 15.2. The number of hydrogen-bond acceptors (Lipinski definition) is 7. The van der Waals surface area contributed by atoms with E-state index in [1.807, 2.05) is 69.2 Å². The Morgan fingerprint density at radius 1 is 0.625 bits per heavy atom. The molecule has 40 heavy (non-hydrogen) atoms. The van der Waals surface area contributed by atoms with E-state index in [9.17, 15) is 19.1 Å². The third-order valence-corrected chi connectivity index (χ3v) is 7.66. The van der Waals surface area contributed by atoms with E-state index < -0.39 is 22.5 Å². The van der Waals surface area contributed by atoms with E-state index >= 15 is 0 Å². The molecule has 0 aromatic carbocycles. The number of alkyl halides is 1. The van der Waals surface area contributed by atoms with Crippen molar-refractivity contribution < 1.29 is 28.6 Å². The highest BCUT2D eigenvalue weighted by Crippen LogP contribution is 2.23. The lowest BCUT2D eigenvalue weighted by atomic mass is 9.96. The van der Waals surface area contributed by atoms with Crippen molar-refractivity contribution in [2.45, 2.75) is 117 Å². The molecular weight excluding hydrogens is 515 g/mol. The van der Waals surface area contributed by atoms with Crippen LogP contribution in [-0.2, 0) is 9.47 Å². The average Bonchev–Trinajstić information content (AvgIpc) is 2.87. The number of piperazine rings is 2. The Hall–Kier alpha value is -1.65. The van der Waals surface area contributed by atoms with Crippen LogP contribution in [0.25, 0.3) is 0 Å². The summed E-state index contributed by atoms with van der Waals surface area (Å²) in [5.41, 5.74) is -2.62. The molecule has 0 spiro atoms. The number of amides is 2. The van der Waals surface area contributed by atoms with Crippen LogP contribution in [0, 0.1) is 0 Å². The molecule has 0 bridgehead atoms. The highest BCUT2D eigenvalue weighted by atomic mass is 19.1. The van der Waals surface area contributed by atoms with Crippen LogP contribution in [0.1, 0.15) is 94.9 Å². The first kappa shape index (κ1) is 36.4. The third-order valence-electron chi connectivity index (χ3n) is 7.66. The Kier molecular flexibility index (Phi) is 14.1. The van der Waals surface area contributed by atoms with Crippen LogP contribution >= 0.6 is 0 Å². The molecule has 10 heteroatoms. The van der Waals surface area contributed by atoms with Gasteiger partial charge in [-0.2, -0.15) is 0 Å². The first-order chi connectivity index (χ1) is 18.4. The second-order valence-corrected chi connectivity index (χ2v) is 13.3. The number of β-amino-alcohol motifs (C(OH)–C–C–N with tert-alkyl or cyclic N) is 1. The van der Waals surface area contributed by atoms with Gasteiger partial charge in [-0.15, -0.1) is 0 Å². The number of halogens is 1. The van der Waals surface area contributed by atoms with Gasteiger partial charge < -0.3 is 24.4 Å². The number of rotatable bonds is 8. The summed E-state index contributed by atoms with van der Waals surface area (Å²) in [7, 11) is 0. The highest BCUT2D eigenvalue weighted by molar-refractivity contribution is 5.68. The predicted octanol–water partition coefficient (Wildman–Crippen LogP) is 5.16. The van der Waals surface area contributed by atoms with Gasteiger partial charge in [-0.1, -0.05) is 27.7 Å². The third kappa shape index (κ3) is 13.3. The molecule has 2 rings (SSSR count). The van der Waals surface area contributed by atoms with Crippen LogP contribution in [0.2, 0.25) is 0 Å². The van der Waals surface area contributed by atoms with E-state index in [1.165, 1.54) is 0 Å². The molecule has 2 fully saturated rings. The number of nitrogens with zero attached hydrogens (tertiary/aromatic N) is 4. The minimum absolute atomic E-state index is 0.238. The van der Waals surface area contributed by atoms with Crippen LogP contribution in [0.15, 0.2) is 0 Å². The van der Waals surface area contributed by atoms with Gasteiger partial charge >= 0.3 is 12.2 Å². The van der Waals surface area contributed by atoms with Crippen LogP contribution in [0.4, 0.5) is 14.0 Å². The molecule has 2 aliphatic rings. The van der Waals surface area contributed by atoms with E-state index in [0.29, 0.717) is 65.2 Å². The van der Waals surface area contributed by atoms with E-state index in [1.54, 1.807) is 9.80 Å². The topological polar surface area (TPSA) is 85.8 Å². The summed E-state index contributed by atoms with van der Waals surface area (Å²) in [6.45, 7) is 25.7. The van der Waals surface area contributed by atoms with Crippen LogP contribution in [-0.4, -0.2) is 125 Å². The largest absolute Gasteiger partial charge is 0.444 e. The minimum Gasteiger partial charge on any atom is -0.444 e. The van der Waals surface area contributed by atoms with Crippen molar-refractivity contribution in [2.75, 3.05) is 65.4 Å². The minimum atomic E-state index is -1.10. The molecular formula is C30H59FN4O5. The van der Waals surface area contributed by atoms with E-state index in [0.717, 1.165) is 25.9 Å². The molecule has 9 nitrogen and oxygen atoms in total. The monoisotopic (exact) mass is 574 g/mol. The molecule has 1 N–H and O–H groups in total. The molecule has 2 aliphatic heterocycles. The van der Waals surface area contributed by atoms with Gasteiger partial charge in [-0.05, 0) is 67.2 Å². The van der Waals surface area contributed by atoms with Crippen LogP contribution in [0.5, 0.6) is 0 Å². The smallest absolute Gasteiger partial charge is 0.410 e. The molecule has 2 heterocycles. The van der Waals surface area contributed by atoms with Crippen molar-refractivity contribution in [3.8, 4) is 0 Å². The summed E-state index contributed by atoms with van der Waals surface area (Å²) in [5.74, 6) is 0. The summed E-state index contributed by atoms with van der Waals surface area (Å²) < 4.78 is 25.1. The average molecular weight is 575 g/mol. The summed E-state index contributed by atoms with van der Waals surface area (Å²) in [6.07, 6.45) is 2.09. The lowest BCUT2D eigenvalue weighted by molar-refractivity contribution is -0.0214. The van der Waals surface area contributed by atoms with Crippen molar-refractivity contribution in [1.29, 1.82) is 0 Å². The number of carbonyl (C=O) groups is 2. The summed E-state index contributed by atoms with van der Waals surface area (Å²) in [4.78, 5) is 31.7. The number of aliphatic hydroxyl groups is 1. The quantitative estimate of drug-likeness (QED) is 0.429. The molecule has 2 amide bonds. The summed E-state index contributed by atoms with van der Waals surface area (Å²) in [6, 6.07) is 0. The van der Waals surface area contributed by atoms with Crippen molar-refractivity contribution >= 4 is 12.2 Å². The van der Waals surface area contributed by atoms with E-state index in [-0.39, 0.29) is 12.2 Å². The maximum absolute atomic E-state index is 14.4. The zero-order chi connectivity index (χ0) is 30.8. The van der Waals surface area contributed by atoms with Crippen LogP contribution in [0.3, 0.4) is 0 Å². The van der Waals surface area contributed by atoms with Gasteiger partial charge in [-0.25, -0.2) is 14.0 Å². The second-order valence-electron chi connectivity index (χ2n) is 13.3. The lowest BCUT2D eigenvalue weighted by Gasteiger charge is -2.39. The Labute approximate surface area is 243 Å². The fourth-order valence-electron chi connectivity index (χ4n) is 4.59. The lowest BCUT2D eigenvalue weighted by Crippen LogP contribution is -2.53. The van der Waals surface area contributed by atoms with Gasteiger partial charge in [-0.3, -0.25) is 9.80 Å². The maximum atomic E-state index is 14.4. The van der Waals surface area contributed by atoms with Gasteiger partial charge in [0.2, 0.25) is 0 Å². The van der Waals surface area contributed by atoms with Gasteiger partial charge in [0.05, 0.1) is 5.60 Å². The molecule has 2 saturated heterocycles. The predicted molar refractivity (Wildman–Crippen MR) is 158 cm³/mol. The van der Waals surface area contributed by atoms with E-state index in [4.69, 9.17) is 9.47 Å². The number of hydrogen-bond donors (Lipinski definition) is 1. The fraction of sp³-hybridized carbons (Fsp3) is 0.933. The Balaban J connectivity index is 0.000000400. The summed E-state index contributed by atoms with van der Waals surface area (Å²) in [5, 5.41) is 10.4. The van der Waals surface area contributed by atoms with Gasteiger partial charge in [0.15, 0.2) is 0 Å². The molecule has 0 saturated carbocycles. The molecule has 0 unspecified atom stereocenters. The maximum Gasteiger partial charge on any atom is 0.410 e. The van der Waals surface area contributed by atoms with Gasteiger partial charge in [0.1, 0.15) is 16.9 Å². The Morgan fingerprint density at radius 2 is 0.950 bits per heavy atom. The fourth-order valence-corrected chi connectivity index (χ4v) is 4.59. The summed E-state index contributed by atoms with van der Waals surface area (Å²) >= 11 is 0. The molecule has 0 aromatic heterocycles. The molecule has 0 atom stereocenters. The van der Waals surface area contributed by atoms with Crippen molar-refractivity contribution in [1.82, 2.24) is 19.6 Å². The van der Waals surface area contributed by atoms with Crippen LogP contribution < -0.4 is 0 Å². The number of carbonyl (C=O) groups excluding carboxylic acids is 2. The molecule has 0 aromatic rings. The molecule has 0 radical (unpaired) electrons. The van der Waals surface area contributed by atoms with Crippen molar-refractivity contribution in [3.63, 3.8) is 0 Å². The number of ether oxygens (including phenoxy) is 2. The SMILES string of the molecule is CCC(F)(CC)CN1CCN(C(=O)OC(C)(C)C)CC1.CCC(O)(CC)CN1CCN(C(=O)OC(C)(C)C)CC1. The Bertz CT molecular complexity index is 695. The zero-order valence-electron chi connectivity index (χ0n) is 27.1. The van der Waals surface area contributed by atoms with Gasteiger partial charge in [0.25, 0.3) is 0 Å².